The van der Waals surface area contributed by atoms with E-state index >= 15 is 0 Å². The SMILES string of the molecule is CC(C)Nc1ncnn2c([C@@H]3O[C@H](CN(CCCNC(=O)Nc4ccc(C(C)(C)C)cc4)C(C)C)[C@H]4OC(C)(C)O[C@H]43)ccc12. The average molecular weight is 622 g/mol. The Hall–Kier alpha value is -3.25. The molecule has 11 heteroatoms. The molecular weight excluding hydrogens is 570 g/mol. The van der Waals surface area contributed by atoms with E-state index in [2.05, 4.69) is 91.5 Å². The van der Waals surface area contributed by atoms with E-state index in [4.69, 9.17) is 14.2 Å². The largest absolute Gasteiger partial charge is 0.366 e. The number of hydrogen-bond acceptors (Lipinski definition) is 8. The summed E-state index contributed by atoms with van der Waals surface area (Å²) in [5, 5.41) is 13.9. The number of anilines is 2. The summed E-state index contributed by atoms with van der Waals surface area (Å²) in [6, 6.07) is 12.4. The molecule has 246 valence electrons. The molecule has 3 aromatic rings. The lowest BCUT2D eigenvalue weighted by Crippen LogP contribution is -2.44. The van der Waals surface area contributed by atoms with Crippen molar-refractivity contribution in [1.29, 1.82) is 0 Å². The van der Waals surface area contributed by atoms with E-state index in [1.54, 1.807) is 6.33 Å². The minimum atomic E-state index is -0.713. The molecule has 2 fully saturated rings. The Bertz CT molecular complexity index is 1450. The molecule has 0 aliphatic carbocycles. The monoisotopic (exact) mass is 621 g/mol. The first-order valence-electron chi connectivity index (χ1n) is 16.2. The fourth-order valence-corrected chi connectivity index (χ4v) is 6.13. The summed E-state index contributed by atoms with van der Waals surface area (Å²) in [4.78, 5) is 19.4. The zero-order valence-electron chi connectivity index (χ0n) is 28.3. The van der Waals surface area contributed by atoms with Gasteiger partial charge in [0.15, 0.2) is 11.6 Å². The smallest absolute Gasteiger partial charge is 0.319 e. The van der Waals surface area contributed by atoms with Crippen molar-refractivity contribution in [3.63, 3.8) is 0 Å². The van der Waals surface area contributed by atoms with Gasteiger partial charge in [-0.15, -0.1) is 0 Å². The van der Waals surface area contributed by atoms with Crippen molar-refractivity contribution in [1.82, 2.24) is 24.8 Å². The molecule has 2 aliphatic rings. The third-order valence-electron chi connectivity index (χ3n) is 8.41. The van der Waals surface area contributed by atoms with Crippen LogP contribution in [0.4, 0.5) is 16.3 Å². The van der Waals surface area contributed by atoms with Crippen molar-refractivity contribution in [2.75, 3.05) is 30.3 Å². The summed E-state index contributed by atoms with van der Waals surface area (Å²) >= 11 is 0. The topological polar surface area (TPSA) is 114 Å². The lowest BCUT2D eigenvalue weighted by Gasteiger charge is -2.31. The predicted octanol–water partition coefficient (Wildman–Crippen LogP) is 5.73. The van der Waals surface area contributed by atoms with E-state index in [-0.39, 0.29) is 47.9 Å². The molecule has 0 unspecified atom stereocenters. The average Bonchev–Trinajstić information content (AvgIpc) is 3.61. The Morgan fingerprint density at radius 2 is 1.76 bits per heavy atom. The molecule has 4 heterocycles. The lowest BCUT2D eigenvalue weighted by molar-refractivity contribution is -0.190. The first-order chi connectivity index (χ1) is 21.2. The van der Waals surface area contributed by atoms with E-state index in [0.29, 0.717) is 13.1 Å². The summed E-state index contributed by atoms with van der Waals surface area (Å²) in [6.45, 7) is 21.0. The standard InChI is InChI=1S/C34H51N7O4/c1-21(2)38-31-26-16-15-25(41(26)37-20-36-31)28-30-29(44-34(8,9)45-30)27(43-28)19-40(22(3)4)18-10-17-35-32(42)39-24-13-11-23(12-14-24)33(5,6)7/h11-16,20-22,27-30H,10,17-19H2,1-9H3,(H2,35,39,42)(H,36,37,38)/t27-,28+,29-,30+/m1/s1. The summed E-state index contributed by atoms with van der Waals surface area (Å²) in [5.41, 5.74) is 3.89. The maximum Gasteiger partial charge on any atom is 0.319 e. The molecule has 0 saturated carbocycles. The number of fused-ring (bicyclic) bond motifs is 2. The van der Waals surface area contributed by atoms with E-state index < -0.39 is 5.79 Å². The number of nitrogens with one attached hydrogen (secondary N) is 3. The molecule has 11 nitrogen and oxygen atoms in total. The molecule has 0 spiro atoms. The molecule has 5 rings (SSSR count). The molecule has 2 aliphatic heterocycles. The Morgan fingerprint density at radius 3 is 2.42 bits per heavy atom. The number of hydrogen-bond donors (Lipinski definition) is 3. The van der Waals surface area contributed by atoms with Crippen LogP contribution >= 0.6 is 0 Å². The molecule has 2 amide bonds. The minimum absolute atomic E-state index is 0.0716. The van der Waals surface area contributed by atoms with Crippen LogP contribution in [0.15, 0.2) is 42.7 Å². The van der Waals surface area contributed by atoms with Crippen LogP contribution in [-0.2, 0) is 19.6 Å². The van der Waals surface area contributed by atoms with Gasteiger partial charge < -0.3 is 30.2 Å². The van der Waals surface area contributed by atoms with Crippen LogP contribution in [0.25, 0.3) is 5.52 Å². The zero-order chi connectivity index (χ0) is 32.5. The van der Waals surface area contributed by atoms with Crippen molar-refractivity contribution in [3.8, 4) is 0 Å². The zero-order valence-corrected chi connectivity index (χ0v) is 28.3. The van der Waals surface area contributed by atoms with Gasteiger partial charge in [0.2, 0.25) is 0 Å². The molecule has 1 aromatic carbocycles. The van der Waals surface area contributed by atoms with Gasteiger partial charge in [-0.1, -0.05) is 32.9 Å². The molecular formula is C34H51N7O4. The van der Waals surface area contributed by atoms with Gasteiger partial charge in [0.25, 0.3) is 0 Å². The number of benzene rings is 1. The molecule has 3 N–H and O–H groups in total. The number of carbonyl (C=O) groups is 1. The molecule has 0 bridgehead atoms. The van der Waals surface area contributed by atoms with Crippen molar-refractivity contribution in [2.45, 2.75) is 116 Å². The minimum Gasteiger partial charge on any atom is -0.366 e. The number of rotatable bonds is 11. The Morgan fingerprint density at radius 1 is 1.04 bits per heavy atom. The predicted molar refractivity (Wildman–Crippen MR) is 177 cm³/mol. The van der Waals surface area contributed by atoms with Gasteiger partial charge in [0.1, 0.15) is 36.3 Å². The highest BCUT2D eigenvalue weighted by atomic mass is 16.8. The first-order valence-corrected chi connectivity index (χ1v) is 16.2. The van der Waals surface area contributed by atoms with Crippen molar-refractivity contribution >= 4 is 23.1 Å². The normalized spacial score (nSPS) is 22.8. The lowest BCUT2D eigenvalue weighted by atomic mass is 9.87. The first kappa shape index (κ1) is 33.1. The van der Waals surface area contributed by atoms with Crippen LogP contribution in [-0.4, -0.2) is 81.3 Å². The second kappa shape index (κ2) is 13.2. The summed E-state index contributed by atoms with van der Waals surface area (Å²) in [6.07, 6.45) is 1.34. The highest BCUT2D eigenvalue weighted by Gasteiger charge is 2.56. The van der Waals surface area contributed by atoms with Crippen LogP contribution in [0.3, 0.4) is 0 Å². The Kier molecular flexibility index (Phi) is 9.74. The summed E-state index contributed by atoms with van der Waals surface area (Å²) < 4.78 is 21.5. The highest BCUT2D eigenvalue weighted by Crippen LogP contribution is 2.45. The Labute approximate surface area is 267 Å². The van der Waals surface area contributed by atoms with E-state index in [9.17, 15) is 4.79 Å². The molecule has 2 saturated heterocycles. The van der Waals surface area contributed by atoms with Crippen LogP contribution in [0.1, 0.15) is 86.1 Å². The third kappa shape index (κ3) is 7.77. The fourth-order valence-electron chi connectivity index (χ4n) is 6.13. The second-order valence-corrected chi connectivity index (χ2v) is 14.3. The van der Waals surface area contributed by atoms with Gasteiger partial charge in [-0.25, -0.2) is 14.3 Å². The van der Waals surface area contributed by atoms with Gasteiger partial charge in [-0.2, -0.15) is 5.10 Å². The van der Waals surface area contributed by atoms with Crippen LogP contribution in [0, 0.1) is 0 Å². The summed E-state index contributed by atoms with van der Waals surface area (Å²) in [5.74, 6) is 0.0719. The number of aromatic nitrogens is 3. The molecule has 0 radical (unpaired) electrons. The molecule has 2 aromatic heterocycles. The number of amides is 2. The van der Waals surface area contributed by atoms with E-state index in [0.717, 1.165) is 35.7 Å². The maximum absolute atomic E-state index is 12.6. The van der Waals surface area contributed by atoms with Gasteiger partial charge in [-0.05, 0) is 83.2 Å². The van der Waals surface area contributed by atoms with Gasteiger partial charge in [0, 0.05) is 37.4 Å². The van der Waals surface area contributed by atoms with Crippen molar-refractivity contribution < 1.29 is 19.0 Å². The van der Waals surface area contributed by atoms with Gasteiger partial charge in [0.05, 0.1) is 5.69 Å². The molecule has 45 heavy (non-hydrogen) atoms. The summed E-state index contributed by atoms with van der Waals surface area (Å²) in [7, 11) is 0. The van der Waals surface area contributed by atoms with Crippen molar-refractivity contribution in [3.05, 3.63) is 54.0 Å². The van der Waals surface area contributed by atoms with Crippen molar-refractivity contribution in [2.24, 2.45) is 0 Å². The Balaban J connectivity index is 1.20. The van der Waals surface area contributed by atoms with Crippen LogP contribution < -0.4 is 16.0 Å². The number of ether oxygens (including phenoxy) is 3. The number of nitrogens with zero attached hydrogens (tertiary/aromatic N) is 4. The maximum atomic E-state index is 12.6. The van der Waals surface area contributed by atoms with E-state index in [1.165, 1.54) is 5.56 Å². The van der Waals surface area contributed by atoms with E-state index in [1.807, 2.05) is 42.6 Å². The quantitative estimate of drug-likeness (QED) is 0.233. The molecule has 4 atom stereocenters. The third-order valence-corrected chi connectivity index (χ3v) is 8.41. The number of carbonyl (C=O) groups excluding carboxylic acids is 1. The van der Waals surface area contributed by atoms with Crippen LogP contribution in [0.2, 0.25) is 0 Å². The fraction of sp³-hybridized carbons (Fsp3) is 0.618. The van der Waals surface area contributed by atoms with Gasteiger partial charge >= 0.3 is 6.03 Å². The van der Waals surface area contributed by atoms with Crippen LogP contribution in [0.5, 0.6) is 0 Å². The second-order valence-electron chi connectivity index (χ2n) is 14.3. The number of urea groups is 1. The highest BCUT2D eigenvalue weighted by molar-refractivity contribution is 5.89. The van der Waals surface area contributed by atoms with Gasteiger partial charge in [-0.3, -0.25) is 4.90 Å².